The highest BCUT2D eigenvalue weighted by Gasteiger charge is 2.56. The summed E-state index contributed by atoms with van der Waals surface area (Å²) in [5.74, 6) is -0.658. The van der Waals surface area contributed by atoms with Gasteiger partial charge < -0.3 is 19.9 Å². The molecule has 4 N–H and O–H groups in total. The van der Waals surface area contributed by atoms with E-state index >= 15 is 0 Å². The summed E-state index contributed by atoms with van der Waals surface area (Å²) in [6.07, 6.45) is 0.107. The highest BCUT2D eigenvalue weighted by molar-refractivity contribution is 7.84. The van der Waals surface area contributed by atoms with E-state index in [0.717, 1.165) is 0 Å². The molecule has 12 nitrogen and oxygen atoms in total. The zero-order valence-corrected chi connectivity index (χ0v) is 16.0. The Morgan fingerprint density at radius 1 is 1.36 bits per heavy atom. The Labute approximate surface area is 160 Å². The second kappa shape index (κ2) is 6.43. The molecule has 0 bridgehead atoms. The molecule has 0 radical (unpaired) electrons. The zero-order chi connectivity index (χ0) is 20.3. The normalized spacial score (nSPS) is 29.2. The van der Waals surface area contributed by atoms with Crippen LogP contribution < -0.4 is 10.9 Å². The van der Waals surface area contributed by atoms with Crippen LogP contribution in [0.3, 0.4) is 0 Å². The average molecular weight is 412 g/mol. The third-order valence-corrected chi connectivity index (χ3v) is 4.97. The number of fused-ring (bicyclic) bond motifs is 2. The van der Waals surface area contributed by atoms with Gasteiger partial charge in [-0.1, -0.05) is 6.58 Å². The quantitative estimate of drug-likeness (QED) is 0.664. The number of nitrogen functional groups attached to an aromatic ring is 1. The Hall–Kier alpha value is -2.16. The van der Waals surface area contributed by atoms with Crippen molar-refractivity contribution in [2.75, 3.05) is 12.3 Å². The summed E-state index contributed by atoms with van der Waals surface area (Å²) >= 11 is 0. The molecule has 0 spiro atoms. The SMILES string of the molecule is C=Cc1nn([C@@H]2O[C@H](COS(N)(=O)=O)[C@H]3OC(C)(C)O[C@H]32)c2ncnc(N)c12. The van der Waals surface area contributed by atoms with Crippen LogP contribution in [-0.4, -0.2) is 58.9 Å². The Balaban J connectivity index is 1.74. The highest BCUT2D eigenvalue weighted by Crippen LogP contribution is 2.44. The van der Waals surface area contributed by atoms with Crippen molar-refractivity contribution in [2.24, 2.45) is 5.14 Å². The highest BCUT2D eigenvalue weighted by atomic mass is 32.2. The number of nitrogens with zero attached hydrogens (tertiary/aromatic N) is 4. The first kappa shape index (κ1) is 19.2. The molecular weight excluding hydrogens is 392 g/mol. The van der Waals surface area contributed by atoms with Crippen molar-refractivity contribution in [2.45, 2.75) is 44.2 Å². The molecule has 2 fully saturated rings. The minimum atomic E-state index is -4.14. The lowest BCUT2D eigenvalue weighted by Crippen LogP contribution is -2.34. The van der Waals surface area contributed by atoms with Crippen LogP contribution in [-0.2, 0) is 28.7 Å². The fraction of sp³-hybridized carbons (Fsp3) is 0.533. The van der Waals surface area contributed by atoms with E-state index < -0.39 is 40.6 Å². The molecule has 2 aliphatic rings. The fourth-order valence-electron chi connectivity index (χ4n) is 3.49. The molecule has 152 valence electrons. The minimum Gasteiger partial charge on any atom is -0.383 e. The van der Waals surface area contributed by atoms with Gasteiger partial charge in [-0.3, -0.25) is 4.18 Å². The monoisotopic (exact) mass is 412 g/mol. The third kappa shape index (κ3) is 3.25. The molecule has 2 aromatic rings. The lowest BCUT2D eigenvalue weighted by Gasteiger charge is -2.24. The number of rotatable bonds is 5. The smallest absolute Gasteiger partial charge is 0.333 e. The Kier molecular flexibility index (Phi) is 4.41. The Bertz CT molecular complexity index is 1040. The van der Waals surface area contributed by atoms with E-state index in [-0.39, 0.29) is 12.4 Å². The molecular formula is C15H20N6O6S. The molecule has 0 saturated carbocycles. The number of aromatic nitrogens is 4. The molecule has 2 aliphatic heterocycles. The minimum absolute atomic E-state index is 0.249. The van der Waals surface area contributed by atoms with E-state index in [9.17, 15) is 8.42 Å². The molecule has 0 aromatic carbocycles. The molecule has 4 heterocycles. The van der Waals surface area contributed by atoms with Crippen LogP contribution in [0.15, 0.2) is 12.9 Å². The lowest BCUT2D eigenvalue weighted by atomic mass is 10.1. The molecule has 4 rings (SSSR count). The summed E-state index contributed by atoms with van der Waals surface area (Å²) in [7, 11) is -4.14. The maximum absolute atomic E-state index is 11.2. The van der Waals surface area contributed by atoms with E-state index in [1.807, 2.05) is 0 Å². The standard InChI is InChI=1S/C15H20N6O6S/c1-4-7-9-12(16)18-6-19-13(9)21(20-7)14-11-10(26-15(2,3)27-11)8(25-14)5-24-28(17,22)23/h4,6,8,10-11,14H,1,5H2,2-3H3,(H2,16,18,19)(H2,17,22,23)/t8-,10-,11-,14-/m1/s1. The van der Waals surface area contributed by atoms with E-state index in [0.29, 0.717) is 16.7 Å². The molecule has 2 saturated heterocycles. The van der Waals surface area contributed by atoms with Crippen LogP contribution in [0, 0.1) is 0 Å². The van der Waals surface area contributed by atoms with Gasteiger partial charge in [-0.25, -0.2) is 19.8 Å². The van der Waals surface area contributed by atoms with Crippen molar-refractivity contribution >= 4 is 33.2 Å². The van der Waals surface area contributed by atoms with E-state index in [4.69, 9.17) is 29.3 Å². The molecule has 2 aromatic heterocycles. The summed E-state index contributed by atoms with van der Waals surface area (Å²) in [6, 6.07) is 0. The summed E-state index contributed by atoms with van der Waals surface area (Å²) in [5, 5.41) is 9.93. The molecule has 0 unspecified atom stereocenters. The first-order valence-corrected chi connectivity index (χ1v) is 9.86. The molecule has 28 heavy (non-hydrogen) atoms. The first-order chi connectivity index (χ1) is 13.1. The molecule has 4 atom stereocenters. The number of hydrogen-bond acceptors (Lipinski definition) is 10. The van der Waals surface area contributed by atoms with Crippen molar-refractivity contribution in [3.8, 4) is 0 Å². The number of nitrogens with two attached hydrogens (primary N) is 2. The number of ether oxygens (including phenoxy) is 3. The zero-order valence-electron chi connectivity index (χ0n) is 15.2. The second-order valence-electron chi connectivity index (χ2n) is 6.90. The van der Waals surface area contributed by atoms with Crippen LogP contribution in [0.25, 0.3) is 17.1 Å². The summed E-state index contributed by atoms with van der Waals surface area (Å²) < 4.78 is 46.4. The van der Waals surface area contributed by atoms with Gasteiger partial charge in [0.15, 0.2) is 17.7 Å². The number of hydrogen-bond donors (Lipinski definition) is 2. The second-order valence-corrected chi connectivity index (χ2v) is 8.12. The predicted molar refractivity (Wildman–Crippen MR) is 96.6 cm³/mol. The van der Waals surface area contributed by atoms with E-state index in [1.165, 1.54) is 17.1 Å². The van der Waals surface area contributed by atoms with Gasteiger partial charge in [0.1, 0.15) is 30.5 Å². The predicted octanol–water partition coefficient (Wildman–Crippen LogP) is -0.311. The molecule has 0 aliphatic carbocycles. The van der Waals surface area contributed by atoms with E-state index in [2.05, 4.69) is 21.6 Å². The van der Waals surface area contributed by atoms with Crippen LogP contribution in [0.5, 0.6) is 0 Å². The third-order valence-electron chi connectivity index (χ3n) is 4.50. The van der Waals surface area contributed by atoms with Crippen LogP contribution >= 0.6 is 0 Å². The van der Waals surface area contributed by atoms with Gasteiger partial charge in [-0.05, 0) is 19.9 Å². The van der Waals surface area contributed by atoms with Gasteiger partial charge >= 0.3 is 10.3 Å². The topological polar surface area (TPSA) is 167 Å². The van der Waals surface area contributed by atoms with Crippen molar-refractivity contribution < 1.29 is 26.8 Å². The van der Waals surface area contributed by atoms with Crippen LogP contribution in [0.4, 0.5) is 5.82 Å². The van der Waals surface area contributed by atoms with Gasteiger partial charge in [-0.15, -0.1) is 0 Å². The van der Waals surface area contributed by atoms with Crippen molar-refractivity contribution in [3.05, 3.63) is 18.6 Å². The summed E-state index contributed by atoms with van der Waals surface area (Å²) in [6.45, 7) is 6.90. The van der Waals surface area contributed by atoms with Crippen molar-refractivity contribution in [1.82, 2.24) is 19.7 Å². The first-order valence-electron chi connectivity index (χ1n) is 8.39. The Morgan fingerprint density at radius 3 is 2.75 bits per heavy atom. The Morgan fingerprint density at radius 2 is 2.07 bits per heavy atom. The summed E-state index contributed by atoms with van der Waals surface area (Å²) in [5.41, 5.74) is 6.87. The van der Waals surface area contributed by atoms with Crippen LogP contribution in [0.1, 0.15) is 25.8 Å². The number of anilines is 1. The van der Waals surface area contributed by atoms with Gasteiger partial charge in [0.05, 0.1) is 17.7 Å². The van der Waals surface area contributed by atoms with Gasteiger partial charge in [0.2, 0.25) is 0 Å². The maximum atomic E-state index is 11.2. The molecule has 13 heteroatoms. The van der Waals surface area contributed by atoms with Crippen LogP contribution in [0.2, 0.25) is 0 Å². The average Bonchev–Trinajstić information content (AvgIpc) is 3.21. The largest absolute Gasteiger partial charge is 0.383 e. The lowest BCUT2D eigenvalue weighted by molar-refractivity contribution is -0.200. The fourth-order valence-corrected chi connectivity index (χ4v) is 3.82. The van der Waals surface area contributed by atoms with Gasteiger partial charge in [-0.2, -0.15) is 13.5 Å². The summed E-state index contributed by atoms with van der Waals surface area (Å²) in [4.78, 5) is 8.24. The molecule has 0 amide bonds. The van der Waals surface area contributed by atoms with E-state index in [1.54, 1.807) is 13.8 Å². The maximum Gasteiger partial charge on any atom is 0.333 e. The van der Waals surface area contributed by atoms with Gasteiger partial charge in [0.25, 0.3) is 0 Å². The van der Waals surface area contributed by atoms with Gasteiger partial charge in [0, 0.05) is 0 Å². The van der Waals surface area contributed by atoms with Crippen molar-refractivity contribution in [3.63, 3.8) is 0 Å². The van der Waals surface area contributed by atoms with Crippen molar-refractivity contribution in [1.29, 1.82) is 0 Å².